The third kappa shape index (κ3) is 2.98. The van der Waals surface area contributed by atoms with E-state index in [2.05, 4.69) is 5.32 Å². The highest BCUT2D eigenvalue weighted by molar-refractivity contribution is 5.83. The highest BCUT2D eigenvalue weighted by Crippen LogP contribution is 2.30. The highest BCUT2D eigenvalue weighted by atomic mass is 16.5. The number of rotatable bonds is 4. The molecule has 0 aliphatic carbocycles. The predicted molar refractivity (Wildman–Crippen MR) is 71.6 cm³/mol. The first-order chi connectivity index (χ1) is 9.05. The second-order valence-electron chi connectivity index (χ2n) is 4.88. The summed E-state index contributed by atoms with van der Waals surface area (Å²) in [6.07, 6.45) is 0.826. The first kappa shape index (κ1) is 13.7. The molecule has 1 aliphatic heterocycles. The van der Waals surface area contributed by atoms with E-state index in [4.69, 9.17) is 9.47 Å². The first-order valence-corrected chi connectivity index (χ1v) is 6.33. The Kier molecular flexibility index (Phi) is 3.95. The number of hydrogen-bond donors (Lipinski definition) is 2. The number of hydrogen-bond acceptors (Lipinski definition) is 4. The van der Waals surface area contributed by atoms with Crippen molar-refractivity contribution in [1.29, 1.82) is 0 Å². The van der Waals surface area contributed by atoms with E-state index in [1.165, 1.54) is 0 Å². The minimum absolute atomic E-state index is 0.0667. The van der Waals surface area contributed by atoms with Gasteiger partial charge in [-0.15, -0.1) is 0 Å². The summed E-state index contributed by atoms with van der Waals surface area (Å²) in [5, 5.41) is 12.7. The second-order valence-corrected chi connectivity index (χ2v) is 4.88. The molecule has 2 rings (SSSR count). The van der Waals surface area contributed by atoms with Crippen LogP contribution in [0.15, 0.2) is 24.3 Å². The van der Waals surface area contributed by atoms with Gasteiger partial charge in [-0.05, 0) is 19.1 Å². The molecule has 0 radical (unpaired) electrons. The summed E-state index contributed by atoms with van der Waals surface area (Å²) in [4.78, 5) is 11.6. The summed E-state index contributed by atoms with van der Waals surface area (Å²) < 4.78 is 10.6. The quantitative estimate of drug-likeness (QED) is 0.873. The van der Waals surface area contributed by atoms with Crippen molar-refractivity contribution < 1.29 is 19.4 Å². The average molecular weight is 265 g/mol. The van der Waals surface area contributed by atoms with E-state index < -0.39 is 11.5 Å². The van der Waals surface area contributed by atoms with Gasteiger partial charge in [-0.25, -0.2) is 4.79 Å². The van der Waals surface area contributed by atoms with Crippen LogP contribution in [0, 0.1) is 0 Å². The van der Waals surface area contributed by atoms with Crippen LogP contribution in [0.4, 0.5) is 5.69 Å². The Labute approximate surface area is 112 Å². The lowest BCUT2D eigenvalue weighted by Crippen LogP contribution is -2.52. The van der Waals surface area contributed by atoms with Gasteiger partial charge in [0.05, 0.1) is 13.2 Å². The Morgan fingerprint density at radius 3 is 3.00 bits per heavy atom. The van der Waals surface area contributed by atoms with Crippen LogP contribution in [0.25, 0.3) is 0 Å². The van der Waals surface area contributed by atoms with Crippen LogP contribution in [-0.2, 0) is 9.53 Å². The normalized spacial score (nSPS) is 26.7. The number of carboxylic acid groups (broad SMARTS) is 1. The Morgan fingerprint density at radius 2 is 2.37 bits per heavy atom. The third-order valence-electron chi connectivity index (χ3n) is 3.43. The molecule has 0 aromatic heterocycles. The van der Waals surface area contributed by atoms with Crippen LogP contribution in [0.1, 0.15) is 19.8 Å². The smallest absolute Gasteiger partial charge is 0.329 e. The van der Waals surface area contributed by atoms with E-state index in [0.29, 0.717) is 25.2 Å². The summed E-state index contributed by atoms with van der Waals surface area (Å²) in [5.41, 5.74) is -0.222. The van der Waals surface area contributed by atoms with E-state index in [9.17, 15) is 9.90 Å². The lowest BCUT2D eigenvalue weighted by Gasteiger charge is -2.37. The summed E-state index contributed by atoms with van der Waals surface area (Å²) in [7, 11) is 1.59. The fourth-order valence-electron chi connectivity index (χ4n) is 2.42. The van der Waals surface area contributed by atoms with E-state index >= 15 is 0 Å². The molecule has 0 amide bonds. The lowest BCUT2D eigenvalue weighted by atomic mass is 9.86. The number of carboxylic acids is 1. The predicted octanol–water partition coefficient (Wildman–Crippen LogP) is 2.13. The lowest BCUT2D eigenvalue weighted by molar-refractivity contribution is -0.147. The molecule has 19 heavy (non-hydrogen) atoms. The topological polar surface area (TPSA) is 67.8 Å². The molecule has 1 heterocycles. The van der Waals surface area contributed by atoms with E-state index in [1.807, 2.05) is 25.1 Å². The van der Waals surface area contributed by atoms with Crippen molar-refractivity contribution in [2.45, 2.75) is 31.4 Å². The molecule has 104 valence electrons. The maximum absolute atomic E-state index is 11.6. The number of methoxy groups -OCH3 is 1. The molecule has 1 aromatic rings. The van der Waals surface area contributed by atoms with E-state index in [-0.39, 0.29) is 6.10 Å². The van der Waals surface area contributed by atoms with Gasteiger partial charge in [0.15, 0.2) is 0 Å². The van der Waals surface area contributed by atoms with Gasteiger partial charge < -0.3 is 19.9 Å². The summed E-state index contributed by atoms with van der Waals surface area (Å²) in [6, 6.07) is 7.29. The molecule has 2 unspecified atom stereocenters. The molecular weight excluding hydrogens is 246 g/mol. The number of aliphatic carboxylic acids is 1. The summed E-state index contributed by atoms with van der Waals surface area (Å²) in [5.74, 6) is -0.142. The Bertz CT molecular complexity index is 463. The zero-order chi connectivity index (χ0) is 13.9. The number of carbonyl (C=O) groups is 1. The molecule has 1 saturated heterocycles. The molecule has 1 aromatic carbocycles. The first-order valence-electron chi connectivity index (χ1n) is 6.33. The fraction of sp³-hybridized carbons (Fsp3) is 0.500. The van der Waals surface area contributed by atoms with Crippen molar-refractivity contribution >= 4 is 11.7 Å². The van der Waals surface area contributed by atoms with Crippen molar-refractivity contribution in [1.82, 2.24) is 0 Å². The van der Waals surface area contributed by atoms with Gasteiger partial charge in [0.25, 0.3) is 0 Å². The largest absolute Gasteiger partial charge is 0.497 e. The van der Waals surface area contributed by atoms with Crippen LogP contribution in [0.5, 0.6) is 5.75 Å². The number of ether oxygens (including phenoxy) is 2. The SMILES string of the molecule is COc1cccc(NC2(C(=O)O)CCOC(C)C2)c1. The van der Waals surface area contributed by atoms with Crippen molar-refractivity contribution in [3.05, 3.63) is 24.3 Å². The second kappa shape index (κ2) is 5.48. The van der Waals surface area contributed by atoms with Gasteiger partial charge in [-0.1, -0.05) is 6.07 Å². The maximum atomic E-state index is 11.6. The van der Waals surface area contributed by atoms with Gasteiger partial charge in [0, 0.05) is 31.2 Å². The molecule has 0 bridgehead atoms. The van der Waals surface area contributed by atoms with Crippen molar-refractivity contribution in [2.75, 3.05) is 19.0 Å². The van der Waals surface area contributed by atoms with E-state index in [0.717, 1.165) is 5.69 Å². The minimum Gasteiger partial charge on any atom is -0.497 e. The van der Waals surface area contributed by atoms with Gasteiger partial charge in [0.2, 0.25) is 0 Å². The molecule has 0 spiro atoms. The van der Waals surface area contributed by atoms with E-state index in [1.54, 1.807) is 13.2 Å². The Hall–Kier alpha value is -1.75. The van der Waals surface area contributed by atoms with Gasteiger partial charge in [-0.2, -0.15) is 0 Å². The van der Waals surface area contributed by atoms with Gasteiger partial charge in [-0.3, -0.25) is 0 Å². The molecular formula is C14H19NO4. The van der Waals surface area contributed by atoms with Crippen molar-refractivity contribution in [2.24, 2.45) is 0 Å². The monoisotopic (exact) mass is 265 g/mol. The maximum Gasteiger partial charge on any atom is 0.329 e. The van der Waals surface area contributed by atoms with Crippen LogP contribution in [0.2, 0.25) is 0 Å². The standard InChI is InChI=1S/C14H19NO4/c1-10-9-14(13(16)17,6-7-19-10)15-11-4-3-5-12(8-11)18-2/h3-5,8,10,15H,6-7,9H2,1-2H3,(H,16,17). The van der Waals surface area contributed by atoms with Crippen LogP contribution in [0.3, 0.4) is 0 Å². The van der Waals surface area contributed by atoms with Crippen LogP contribution >= 0.6 is 0 Å². The molecule has 2 atom stereocenters. The molecule has 0 saturated carbocycles. The third-order valence-corrected chi connectivity index (χ3v) is 3.43. The van der Waals surface area contributed by atoms with Crippen LogP contribution < -0.4 is 10.1 Å². The fourth-order valence-corrected chi connectivity index (χ4v) is 2.42. The zero-order valence-electron chi connectivity index (χ0n) is 11.2. The van der Waals surface area contributed by atoms with Crippen molar-refractivity contribution in [3.8, 4) is 5.75 Å². The summed E-state index contributed by atoms with van der Waals surface area (Å²) >= 11 is 0. The molecule has 1 fully saturated rings. The molecule has 2 N–H and O–H groups in total. The molecule has 5 heteroatoms. The zero-order valence-corrected chi connectivity index (χ0v) is 11.2. The Morgan fingerprint density at radius 1 is 1.58 bits per heavy atom. The van der Waals surface area contributed by atoms with Crippen molar-refractivity contribution in [3.63, 3.8) is 0 Å². The number of anilines is 1. The van der Waals surface area contributed by atoms with Crippen LogP contribution in [-0.4, -0.2) is 36.4 Å². The highest BCUT2D eigenvalue weighted by Gasteiger charge is 2.42. The number of nitrogens with one attached hydrogen (secondary N) is 1. The van der Waals surface area contributed by atoms with Gasteiger partial charge >= 0.3 is 5.97 Å². The Balaban J connectivity index is 2.23. The van der Waals surface area contributed by atoms with Gasteiger partial charge in [0.1, 0.15) is 11.3 Å². The molecule has 1 aliphatic rings. The molecule has 5 nitrogen and oxygen atoms in total. The minimum atomic E-state index is -0.968. The number of benzene rings is 1. The summed E-state index contributed by atoms with van der Waals surface area (Å²) in [6.45, 7) is 2.34. The average Bonchev–Trinajstić information content (AvgIpc) is 2.38.